The molecule has 0 aliphatic heterocycles. The molecule has 0 bridgehead atoms. The Morgan fingerprint density at radius 2 is 1.44 bits per heavy atom. The molecule has 0 radical (unpaired) electrons. The first-order valence-corrected chi connectivity index (χ1v) is 8.64. The molecule has 0 fully saturated rings. The lowest BCUT2D eigenvalue weighted by Gasteiger charge is -2.13. The van der Waals surface area contributed by atoms with Crippen LogP contribution in [-0.4, -0.2) is 13.9 Å². The van der Waals surface area contributed by atoms with E-state index >= 15 is 0 Å². The minimum Gasteiger partial charge on any atom is -0.496 e. The summed E-state index contributed by atoms with van der Waals surface area (Å²) in [6, 6.07) is 20.1. The molecule has 0 saturated heterocycles. The molecular weight excluding hydrogens is 312 g/mol. The van der Waals surface area contributed by atoms with E-state index in [4.69, 9.17) is 14.2 Å². The highest BCUT2D eigenvalue weighted by molar-refractivity contribution is 5.93. The quantitative estimate of drug-likeness (QED) is 0.512. The second-order valence-electron chi connectivity index (χ2n) is 6.10. The van der Waals surface area contributed by atoms with E-state index in [9.17, 15) is 0 Å². The first-order chi connectivity index (χ1) is 12.2. The van der Waals surface area contributed by atoms with Gasteiger partial charge in [0.05, 0.1) is 7.11 Å². The highest BCUT2D eigenvalue weighted by Gasteiger charge is 2.07. The van der Waals surface area contributed by atoms with Gasteiger partial charge in [0.15, 0.2) is 0 Å². The van der Waals surface area contributed by atoms with Gasteiger partial charge in [-0.15, -0.1) is 0 Å². The van der Waals surface area contributed by atoms with Gasteiger partial charge >= 0.3 is 0 Å². The van der Waals surface area contributed by atoms with Gasteiger partial charge in [0.25, 0.3) is 0 Å². The normalized spacial score (nSPS) is 12.0. The molecule has 130 valence electrons. The van der Waals surface area contributed by atoms with E-state index in [1.54, 1.807) is 7.11 Å². The fraction of sp³-hybridized carbons (Fsp3) is 0.273. The molecule has 0 spiro atoms. The van der Waals surface area contributed by atoms with Gasteiger partial charge in [-0.05, 0) is 42.2 Å². The van der Waals surface area contributed by atoms with E-state index in [1.807, 2.05) is 48.5 Å². The highest BCUT2D eigenvalue weighted by atomic mass is 16.7. The highest BCUT2D eigenvalue weighted by Crippen LogP contribution is 2.33. The zero-order valence-corrected chi connectivity index (χ0v) is 15.0. The van der Waals surface area contributed by atoms with E-state index in [0.717, 1.165) is 34.4 Å². The molecule has 3 rings (SSSR count). The average Bonchev–Trinajstić information content (AvgIpc) is 2.68. The largest absolute Gasteiger partial charge is 0.496 e. The standard InChI is InChI=1S/C22H24O3/c1-4-16(2)17-9-11-18(12-10-17)24-15-25-22-14-13-21(23-3)19-7-5-6-8-20(19)22/h5-14,16H,4,15H2,1-3H3. The van der Waals surface area contributed by atoms with Crippen molar-refractivity contribution in [3.05, 3.63) is 66.2 Å². The molecule has 3 aromatic carbocycles. The first kappa shape index (κ1) is 17.2. The third-order valence-electron chi connectivity index (χ3n) is 4.57. The van der Waals surface area contributed by atoms with Gasteiger partial charge in [-0.25, -0.2) is 0 Å². The molecule has 0 heterocycles. The van der Waals surface area contributed by atoms with Gasteiger partial charge in [0.1, 0.15) is 17.2 Å². The minimum atomic E-state index is 0.166. The molecule has 0 amide bonds. The Kier molecular flexibility index (Phi) is 5.44. The smallest absolute Gasteiger partial charge is 0.230 e. The van der Waals surface area contributed by atoms with E-state index in [1.165, 1.54) is 5.56 Å². The number of hydrogen-bond acceptors (Lipinski definition) is 3. The van der Waals surface area contributed by atoms with Gasteiger partial charge in [-0.1, -0.05) is 50.2 Å². The lowest BCUT2D eigenvalue weighted by molar-refractivity contribution is 0.121. The molecule has 1 atom stereocenters. The second-order valence-corrected chi connectivity index (χ2v) is 6.10. The summed E-state index contributed by atoms with van der Waals surface area (Å²) in [5, 5.41) is 2.04. The van der Waals surface area contributed by atoms with Crippen LogP contribution in [0.4, 0.5) is 0 Å². The van der Waals surface area contributed by atoms with Gasteiger partial charge in [0, 0.05) is 10.8 Å². The van der Waals surface area contributed by atoms with Gasteiger partial charge in [-0.3, -0.25) is 0 Å². The number of rotatable bonds is 7. The summed E-state index contributed by atoms with van der Waals surface area (Å²) in [4.78, 5) is 0. The van der Waals surface area contributed by atoms with Crippen LogP contribution in [0.1, 0.15) is 31.7 Å². The Morgan fingerprint density at radius 1 is 0.800 bits per heavy atom. The van der Waals surface area contributed by atoms with Gasteiger partial charge in [-0.2, -0.15) is 0 Å². The summed E-state index contributed by atoms with van der Waals surface area (Å²) in [6.45, 7) is 4.59. The predicted molar refractivity (Wildman–Crippen MR) is 102 cm³/mol. The summed E-state index contributed by atoms with van der Waals surface area (Å²) in [6.07, 6.45) is 1.13. The van der Waals surface area contributed by atoms with E-state index in [-0.39, 0.29) is 6.79 Å². The number of fused-ring (bicyclic) bond motifs is 1. The van der Waals surface area contributed by atoms with Crippen molar-refractivity contribution in [2.75, 3.05) is 13.9 Å². The maximum atomic E-state index is 5.84. The van der Waals surface area contributed by atoms with Gasteiger partial charge in [0.2, 0.25) is 6.79 Å². The summed E-state index contributed by atoms with van der Waals surface area (Å²) in [5.74, 6) is 3.00. The van der Waals surface area contributed by atoms with Crippen LogP contribution >= 0.6 is 0 Å². The van der Waals surface area contributed by atoms with Crippen molar-refractivity contribution in [2.24, 2.45) is 0 Å². The number of hydrogen-bond donors (Lipinski definition) is 0. The average molecular weight is 336 g/mol. The minimum absolute atomic E-state index is 0.166. The van der Waals surface area contributed by atoms with Crippen LogP contribution in [0.15, 0.2) is 60.7 Å². The van der Waals surface area contributed by atoms with Crippen molar-refractivity contribution in [2.45, 2.75) is 26.2 Å². The van der Waals surface area contributed by atoms with Crippen LogP contribution in [0.25, 0.3) is 10.8 Å². The van der Waals surface area contributed by atoms with E-state index in [0.29, 0.717) is 5.92 Å². The maximum Gasteiger partial charge on any atom is 0.230 e. The summed E-state index contributed by atoms with van der Waals surface area (Å²) >= 11 is 0. The van der Waals surface area contributed by atoms with Crippen LogP contribution in [-0.2, 0) is 0 Å². The Balaban J connectivity index is 1.67. The summed E-state index contributed by atoms with van der Waals surface area (Å²) < 4.78 is 17.0. The monoisotopic (exact) mass is 336 g/mol. The summed E-state index contributed by atoms with van der Waals surface area (Å²) in [7, 11) is 1.68. The zero-order chi connectivity index (χ0) is 17.6. The van der Waals surface area contributed by atoms with Crippen LogP contribution in [0.3, 0.4) is 0 Å². The Morgan fingerprint density at radius 3 is 2.08 bits per heavy atom. The predicted octanol–water partition coefficient (Wildman–Crippen LogP) is 5.78. The number of methoxy groups -OCH3 is 1. The summed E-state index contributed by atoms with van der Waals surface area (Å²) in [5.41, 5.74) is 1.33. The molecule has 0 saturated carbocycles. The SMILES string of the molecule is CCC(C)c1ccc(OCOc2ccc(OC)c3ccccc23)cc1. The van der Waals surface area contributed by atoms with Crippen molar-refractivity contribution in [1.29, 1.82) is 0 Å². The lowest BCUT2D eigenvalue weighted by atomic mass is 9.99. The number of benzene rings is 3. The van der Waals surface area contributed by atoms with Crippen LogP contribution in [0.2, 0.25) is 0 Å². The van der Waals surface area contributed by atoms with Crippen LogP contribution in [0.5, 0.6) is 17.2 Å². The van der Waals surface area contributed by atoms with Crippen LogP contribution in [0, 0.1) is 0 Å². The van der Waals surface area contributed by atoms with Crippen molar-refractivity contribution in [1.82, 2.24) is 0 Å². The van der Waals surface area contributed by atoms with Crippen molar-refractivity contribution < 1.29 is 14.2 Å². The van der Waals surface area contributed by atoms with Crippen LogP contribution < -0.4 is 14.2 Å². The third-order valence-corrected chi connectivity index (χ3v) is 4.57. The molecule has 1 unspecified atom stereocenters. The molecular formula is C22H24O3. The molecule has 0 aromatic heterocycles. The molecule has 0 N–H and O–H groups in total. The van der Waals surface area contributed by atoms with Crippen molar-refractivity contribution >= 4 is 10.8 Å². The number of ether oxygens (including phenoxy) is 3. The first-order valence-electron chi connectivity index (χ1n) is 8.64. The maximum absolute atomic E-state index is 5.84. The molecule has 3 nitrogen and oxygen atoms in total. The Hall–Kier alpha value is -2.68. The molecule has 0 aliphatic carbocycles. The third kappa shape index (κ3) is 3.87. The lowest BCUT2D eigenvalue weighted by Crippen LogP contribution is -2.06. The molecule has 25 heavy (non-hydrogen) atoms. The van der Waals surface area contributed by atoms with E-state index in [2.05, 4.69) is 26.0 Å². The van der Waals surface area contributed by atoms with E-state index < -0.39 is 0 Å². The zero-order valence-electron chi connectivity index (χ0n) is 15.0. The molecule has 3 aromatic rings. The fourth-order valence-electron chi connectivity index (χ4n) is 2.84. The second kappa shape index (κ2) is 7.93. The molecule has 3 heteroatoms. The Bertz CT molecular complexity index is 824. The molecule has 0 aliphatic rings. The Labute approximate surface area is 149 Å². The van der Waals surface area contributed by atoms with Crippen molar-refractivity contribution in [3.8, 4) is 17.2 Å². The van der Waals surface area contributed by atoms with Gasteiger partial charge < -0.3 is 14.2 Å². The van der Waals surface area contributed by atoms with Crippen molar-refractivity contribution in [3.63, 3.8) is 0 Å². The topological polar surface area (TPSA) is 27.7 Å². The fourth-order valence-corrected chi connectivity index (χ4v) is 2.84.